The van der Waals surface area contributed by atoms with Crippen LogP contribution >= 0.6 is 23.1 Å². The lowest BCUT2D eigenvalue weighted by atomic mass is 10.2. The van der Waals surface area contributed by atoms with Crippen LogP contribution < -0.4 is 10.1 Å². The predicted octanol–water partition coefficient (Wildman–Crippen LogP) is 3.83. The summed E-state index contributed by atoms with van der Waals surface area (Å²) in [5.41, 5.74) is 2.31. The monoisotopic (exact) mass is 307 g/mol. The molecular weight excluding hydrogens is 290 g/mol. The van der Waals surface area contributed by atoms with Crippen molar-refractivity contribution in [2.45, 2.75) is 17.8 Å². The van der Waals surface area contributed by atoms with Crippen LogP contribution in [-0.2, 0) is 6.54 Å². The number of hydrogen-bond donors (Lipinski definition) is 1. The van der Waals surface area contributed by atoms with Crippen LogP contribution in [0.25, 0.3) is 0 Å². The number of nitrogens with zero attached hydrogens (tertiary/aromatic N) is 2. The molecule has 6 heteroatoms. The maximum Gasteiger partial charge on any atom is 0.206 e. The van der Waals surface area contributed by atoms with E-state index in [1.54, 1.807) is 30.2 Å². The van der Waals surface area contributed by atoms with E-state index in [1.807, 2.05) is 31.2 Å². The minimum Gasteiger partial charge on any atom is -0.497 e. The van der Waals surface area contributed by atoms with Crippen LogP contribution in [-0.4, -0.2) is 23.1 Å². The van der Waals surface area contributed by atoms with Gasteiger partial charge in [0.2, 0.25) is 5.13 Å². The van der Waals surface area contributed by atoms with Crippen LogP contribution in [0.1, 0.15) is 12.5 Å². The molecule has 0 saturated carbocycles. The average Bonchev–Trinajstić information content (AvgIpc) is 2.91. The molecular formula is C14H17N3OS2. The van der Waals surface area contributed by atoms with E-state index in [-0.39, 0.29) is 0 Å². The Morgan fingerprint density at radius 1 is 1.35 bits per heavy atom. The van der Waals surface area contributed by atoms with Gasteiger partial charge in [0, 0.05) is 12.3 Å². The quantitative estimate of drug-likeness (QED) is 0.622. The maximum atomic E-state index is 5.13. The number of benzene rings is 1. The summed E-state index contributed by atoms with van der Waals surface area (Å²) in [6, 6.07) is 7.96. The molecule has 0 amide bonds. The fourth-order valence-electron chi connectivity index (χ4n) is 1.45. The van der Waals surface area contributed by atoms with Crippen molar-refractivity contribution in [3.8, 4) is 5.75 Å². The second-order valence-electron chi connectivity index (χ2n) is 4.32. The molecule has 0 aliphatic heterocycles. The molecule has 0 radical (unpaired) electrons. The molecule has 1 N–H and O–H groups in total. The van der Waals surface area contributed by atoms with Gasteiger partial charge in [-0.05, 0) is 24.6 Å². The van der Waals surface area contributed by atoms with Gasteiger partial charge in [-0.25, -0.2) is 0 Å². The lowest BCUT2D eigenvalue weighted by Crippen LogP contribution is -1.98. The van der Waals surface area contributed by atoms with Gasteiger partial charge in [-0.3, -0.25) is 0 Å². The molecule has 0 spiro atoms. The Morgan fingerprint density at radius 2 is 2.10 bits per heavy atom. The second kappa shape index (κ2) is 7.31. The number of hydrogen-bond acceptors (Lipinski definition) is 6. The molecule has 0 aliphatic carbocycles. The molecule has 2 aromatic rings. The normalized spacial score (nSPS) is 10.3. The summed E-state index contributed by atoms with van der Waals surface area (Å²) in [6.45, 7) is 6.61. The standard InChI is InChI=1S/C14H17N3OS2/c1-10(2)9-19-14-17-16-13(20-14)15-8-11-4-6-12(18-3)7-5-11/h4-7H,1,8-9H2,2-3H3,(H,15,16). The summed E-state index contributed by atoms with van der Waals surface area (Å²) in [4.78, 5) is 0. The molecule has 0 fully saturated rings. The van der Waals surface area contributed by atoms with Gasteiger partial charge in [-0.2, -0.15) is 0 Å². The summed E-state index contributed by atoms with van der Waals surface area (Å²) in [5.74, 6) is 1.75. The van der Waals surface area contributed by atoms with E-state index in [4.69, 9.17) is 4.74 Å². The molecule has 4 nitrogen and oxygen atoms in total. The van der Waals surface area contributed by atoms with Gasteiger partial charge in [0.15, 0.2) is 4.34 Å². The van der Waals surface area contributed by atoms with Crippen molar-refractivity contribution in [3.05, 3.63) is 42.0 Å². The number of anilines is 1. The minimum atomic E-state index is 0.726. The zero-order valence-corrected chi connectivity index (χ0v) is 13.2. The second-order valence-corrected chi connectivity index (χ2v) is 6.52. The van der Waals surface area contributed by atoms with E-state index in [9.17, 15) is 0 Å². The molecule has 106 valence electrons. The molecule has 20 heavy (non-hydrogen) atoms. The maximum absolute atomic E-state index is 5.13. The largest absolute Gasteiger partial charge is 0.497 e. The van der Waals surface area contributed by atoms with E-state index in [1.165, 1.54) is 5.56 Å². The summed E-state index contributed by atoms with van der Waals surface area (Å²) in [7, 11) is 1.67. The number of thioether (sulfide) groups is 1. The zero-order valence-electron chi connectivity index (χ0n) is 11.5. The molecule has 0 atom stereocenters. The Morgan fingerprint density at radius 3 is 2.75 bits per heavy atom. The van der Waals surface area contributed by atoms with Crippen LogP contribution in [0.5, 0.6) is 5.75 Å². The highest BCUT2D eigenvalue weighted by Crippen LogP contribution is 2.26. The van der Waals surface area contributed by atoms with Crippen LogP contribution in [0.3, 0.4) is 0 Å². The lowest BCUT2D eigenvalue weighted by Gasteiger charge is -2.03. The SMILES string of the molecule is C=C(C)CSc1nnc(NCc2ccc(OC)cc2)s1. The zero-order chi connectivity index (χ0) is 14.4. The van der Waals surface area contributed by atoms with E-state index < -0.39 is 0 Å². The van der Waals surface area contributed by atoms with Crippen molar-refractivity contribution < 1.29 is 4.74 Å². The fraction of sp³-hybridized carbons (Fsp3) is 0.286. The number of aromatic nitrogens is 2. The van der Waals surface area contributed by atoms with Crippen molar-refractivity contribution in [2.24, 2.45) is 0 Å². The van der Waals surface area contributed by atoms with Crippen molar-refractivity contribution in [3.63, 3.8) is 0 Å². The highest BCUT2D eigenvalue weighted by molar-refractivity contribution is 8.01. The smallest absolute Gasteiger partial charge is 0.206 e. The van der Waals surface area contributed by atoms with Crippen molar-refractivity contribution in [1.29, 1.82) is 0 Å². The Labute approximate surface area is 127 Å². The Kier molecular flexibility index (Phi) is 5.43. The third-order valence-corrected chi connectivity index (χ3v) is 4.70. The first-order valence-electron chi connectivity index (χ1n) is 6.15. The average molecular weight is 307 g/mol. The molecule has 0 saturated heterocycles. The van der Waals surface area contributed by atoms with Crippen LogP contribution in [0.2, 0.25) is 0 Å². The summed E-state index contributed by atoms with van der Waals surface area (Å²) < 4.78 is 6.09. The summed E-state index contributed by atoms with van der Waals surface area (Å²) >= 11 is 3.23. The number of nitrogens with one attached hydrogen (secondary N) is 1. The van der Waals surface area contributed by atoms with Gasteiger partial charge in [0.05, 0.1) is 7.11 Å². The van der Waals surface area contributed by atoms with Crippen LogP contribution in [0, 0.1) is 0 Å². The van der Waals surface area contributed by atoms with Gasteiger partial charge in [-0.15, -0.1) is 10.2 Å². The first-order chi connectivity index (χ1) is 9.67. The van der Waals surface area contributed by atoms with Crippen molar-refractivity contribution in [2.75, 3.05) is 18.2 Å². The molecule has 0 unspecified atom stereocenters. The predicted molar refractivity (Wildman–Crippen MR) is 85.8 cm³/mol. The van der Waals surface area contributed by atoms with E-state index >= 15 is 0 Å². The third kappa shape index (κ3) is 4.54. The fourth-order valence-corrected chi connectivity index (χ4v) is 3.04. The van der Waals surface area contributed by atoms with E-state index in [0.29, 0.717) is 0 Å². The first kappa shape index (κ1) is 14.9. The molecule has 0 aliphatic rings. The van der Waals surface area contributed by atoms with E-state index in [2.05, 4.69) is 22.1 Å². The summed E-state index contributed by atoms with van der Waals surface area (Å²) in [5, 5.41) is 12.4. The number of rotatable bonds is 7. The highest BCUT2D eigenvalue weighted by Gasteiger charge is 2.04. The van der Waals surface area contributed by atoms with Gasteiger partial charge >= 0.3 is 0 Å². The number of methoxy groups -OCH3 is 1. The summed E-state index contributed by atoms with van der Waals surface area (Å²) in [6.07, 6.45) is 0. The van der Waals surface area contributed by atoms with Crippen molar-refractivity contribution >= 4 is 28.2 Å². The lowest BCUT2D eigenvalue weighted by molar-refractivity contribution is 0.414. The molecule has 0 bridgehead atoms. The first-order valence-corrected chi connectivity index (χ1v) is 7.95. The topological polar surface area (TPSA) is 47.0 Å². The molecule has 1 heterocycles. The van der Waals surface area contributed by atoms with Crippen LogP contribution in [0.4, 0.5) is 5.13 Å². The molecule has 1 aromatic heterocycles. The van der Waals surface area contributed by atoms with Gasteiger partial charge < -0.3 is 10.1 Å². The van der Waals surface area contributed by atoms with Crippen LogP contribution in [0.15, 0.2) is 40.8 Å². The van der Waals surface area contributed by atoms with Gasteiger partial charge in [-0.1, -0.05) is 47.4 Å². The van der Waals surface area contributed by atoms with E-state index in [0.717, 1.165) is 33.1 Å². The Hall–Kier alpha value is -1.53. The molecule has 1 aromatic carbocycles. The minimum absolute atomic E-state index is 0.726. The Balaban J connectivity index is 1.85. The molecule has 2 rings (SSSR count). The van der Waals surface area contributed by atoms with Crippen molar-refractivity contribution in [1.82, 2.24) is 10.2 Å². The third-order valence-electron chi connectivity index (χ3n) is 2.45. The van der Waals surface area contributed by atoms with Gasteiger partial charge in [0.25, 0.3) is 0 Å². The Bertz CT molecular complexity index is 566. The number of ether oxygens (including phenoxy) is 1. The highest BCUT2D eigenvalue weighted by atomic mass is 32.2. The van der Waals surface area contributed by atoms with Gasteiger partial charge in [0.1, 0.15) is 5.75 Å².